The van der Waals surface area contributed by atoms with Crippen LogP contribution >= 0.6 is 0 Å². The predicted octanol–water partition coefficient (Wildman–Crippen LogP) is 1.78. The molecule has 1 unspecified atom stereocenters. The standard InChI is InChI=1S/C12H19N3O/c1-8(2)9(3)15(4)12(16)11-10(13)6-5-7-14-11/h5-9H,13H2,1-4H3. The van der Waals surface area contributed by atoms with Gasteiger partial charge >= 0.3 is 0 Å². The second kappa shape index (κ2) is 4.96. The number of nitrogen functional groups attached to an aromatic ring is 1. The minimum Gasteiger partial charge on any atom is -0.397 e. The smallest absolute Gasteiger partial charge is 0.274 e. The van der Waals surface area contributed by atoms with Crippen molar-refractivity contribution >= 4 is 11.6 Å². The van der Waals surface area contributed by atoms with Crippen LogP contribution in [0.4, 0.5) is 5.69 Å². The molecular weight excluding hydrogens is 202 g/mol. The van der Waals surface area contributed by atoms with E-state index in [2.05, 4.69) is 18.8 Å². The summed E-state index contributed by atoms with van der Waals surface area (Å²) in [5.41, 5.74) is 6.48. The van der Waals surface area contributed by atoms with Gasteiger partial charge in [-0.3, -0.25) is 4.79 Å². The monoisotopic (exact) mass is 221 g/mol. The third-order valence-electron chi connectivity index (χ3n) is 2.94. The zero-order valence-electron chi connectivity index (χ0n) is 10.3. The molecule has 0 bridgehead atoms. The van der Waals surface area contributed by atoms with Crippen molar-refractivity contribution in [1.82, 2.24) is 9.88 Å². The Morgan fingerprint density at radius 2 is 2.06 bits per heavy atom. The van der Waals surface area contributed by atoms with E-state index in [0.717, 1.165) is 0 Å². The predicted molar refractivity (Wildman–Crippen MR) is 65.0 cm³/mol. The van der Waals surface area contributed by atoms with E-state index in [4.69, 9.17) is 5.73 Å². The minimum absolute atomic E-state index is 0.126. The second-order valence-corrected chi connectivity index (χ2v) is 4.34. The normalized spacial score (nSPS) is 12.6. The number of pyridine rings is 1. The number of hydrogen-bond donors (Lipinski definition) is 1. The molecule has 0 aliphatic carbocycles. The maximum Gasteiger partial charge on any atom is 0.274 e. The molecular formula is C12H19N3O. The minimum atomic E-state index is -0.126. The molecule has 1 heterocycles. The number of carbonyl (C=O) groups excluding carboxylic acids is 1. The van der Waals surface area contributed by atoms with E-state index >= 15 is 0 Å². The maximum atomic E-state index is 12.1. The molecule has 0 radical (unpaired) electrons. The molecule has 0 fully saturated rings. The number of nitrogens with zero attached hydrogens (tertiary/aromatic N) is 2. The Hall–Kier alpha value is -1.58. The summed E-state index contributed by atoms with van der Waals surface area (Å²) >= 11 is 0. The van der Waals surface area contributed by atoms with Gasteiger partial charge in [0.2, 0.25) is 0 Å². The Labute approximate surface area is 96.5 Å². The molecule has 4 heteroatoms. The highest BCUT2D eigenvalue weighted by atomic mass is 16.2. The number of rotatable bonds is 3. The molecule has 2 N–H and O–H groups in total. The van der Waals surface area contributed by atoms with Gasteiger partial charge in [0.15, 0.2) is 5.69 Å². The van der Waals surface area contributed by atoms with Crippen molar-refractivity contribution in [2.45, 2.75) is 26.8 Å². The molecule has 1 aromatic heterocycles. The Morgan fingerprint density at radius 3 is 2.56 bits per heavy atom. The first-order chi connectivity index (χ1) is 7.45. The molecule has 1 atom stereocenters. The lowest BCUT2D eigenvalue weighted by atomic mass is 10.0. The molecule has 0 saturated heterocycles. The average molecular weight is 221 g/mol. The number of aromatic nitrogens is 1. The van der Waals surface area contributed by atoms with Crippen LogP contribution in [0.3, 0.4) is 0 Å². The van der Waals surface area contributed by atoms with Gasteiger partial charge in [-0.05, 0) is 25.0 Å². The molecule has 4 nitrogen and oxygen atoms in total. The Bertz CT molecular complexity index is 376. The van der Waals surface area contributed by atoms with E-state index in [1.807, 2.05) is 6.92 Å². The quantitative estimate of drug-likeness (QED) is 0.846. The van der Waals surface area contributed by atoms with Crippen molar-refractivity contribution in [1.29, 1.82) is 0 Å². The molecule has 0 aliphatic rings. The summed E-state index contributed by atoms with van der Waals surface area (Å²) in [6, 6.07) is 3.57. The van der Waals surface area contributed by atoms with Crippen molar-refractivity contribution in [3.8, 4) is 0 Å². The van der Waals surface area contributed by atoms with Gasteiger partial charge in [0.05, 0.1) is 5.69 Å². The van der Waals surface area contributed by atoms with Crippen molar-refractivity contribution in [2.24, 2.45) is 5.92 Å². The lowest BCUT2D eigenvalue weighted by molar-refractivity contribution is 0.0702. The summed E-state index contributed by atoms with van der Waals surface area (Å²) in [5.74, 6) is 0.276. The number of hydrogen-bond acceptors (Lipinski definition) is 3. The van der Waals surface area contributed by atoms with Crippen molar-refractivity contribution in [2.75, 3.05) is 12.8 Å². The first-order valence-electron chi connectivity index (χ1n) is 5.42. The molecule has 1 aromatic rings. The van der Waals surface area contributed by atoms with Crippen LogP contribution in [-0.4, -0.2) is 28.9 Å². The highest BCUT2D eigenvalue weighted by Crippen LogP contribution is 2.14. The van der Waals surface area contributed by atoms with Gasteiger partial charge in [0.1, 0.15) is 0 Å². The van der Waals surface area contributed by atoms with Crippen LogP contribution in [0, 0.1) is 5.92 Å². The zero-order valence-corrected chi connectivity index (χ0v) is 10.3. The average Bonchev–Trinajstić information content (AvgIpc) is 2.26. The fraction of sp³-hybridized carbons (Fsp3) is 0.500. The van der Waals surface area contributed by atoms with Crippen molar-refractivity contribution in [3.63, 3.8) is 0 Å². The number of amides is 1. The van der Waals surface area contributed by atoms with Crippen molar-refractivity contribution in [3.05, 3.63) is 24.0 Å². The first-order valence-corrected chi connectivity index (χ1v) is 5.42. The van der Waals surface area contributed by atoms with Crippen LogP contribution < -0.4 is 5.73 Å². The maximum absolute atomic E-state index is 12.1. The molecule has 0 saturated carbocycles. The number of nitrogens with two attached hydrogens (primary N) is 1. The summed E-state index contributed by atoms with van der Waals surface area (Å²) < 4.78 is 0. The van der Waals surface area contributed by atoms with E-state index in [1.54, 1.807) is 30.3 Å². The Balaban J connectivity index is 2.91. The zero-order chi connectivity index (χ0) is 12.3. The van der Waals surface area contributed by atoms with Gasteiger partial charge in [0, 0.05) is 19.3 Å². The summed E-state index contributed by atoms with van der Waals surface area (Å²) in [6.45, 7) is 6.17. The SMILES string of the molecule is CC(C)C(C)N(C)C(=O)c1ncccc1N. The van der Waals surface area contributed by atoms with Crippen LogP contribution in [0.15, 0.2) is 18.3 Å². The van der Waals surface area contributed by atoms with E-state index < -0.39 is 0 Å². The third kappa shape index (κ3) is 2.51. The van der Waals surface area contributed by atoms with Crippen LogP contribution in [0.2, 0.25) is 0 Å². The number of carbonyl (C=O) groups is 1. The lowest BCUT2D eigenvalue weighted by Gasteiger charge is -2.27. The molecule has 1 rings (SSSR count). The summed E-state index contributed by atoms with van der Waals surface area (Å²) in [6.07, 6.45) is 1.58. The van der Waals surface area contributed by atoms with Crippen LogP contribution in [0.25, 0.3) is 0 Å². The van der Waals surface area contributed by atoms with Gasteiger partial charge in [-0.15, -0.1) is 0 Å². The Morgan fingerprint density at radius 1 is 1.44 bits per heavy atom. The highest BCUT2D eigenvalue weighted by Gasteiger charge is 2.22. The molecule has 0 aliphatic heterocycles. The molecule has 0 spiro atoms. The van der Waals surface area contributed by atoms with E-state index in [1.165, 1.54) is 0 Å². The molecule has 1 amide bonds. The topological polar surface area (TPSA) is 59.2 Å². The third-order valence-corrected chi connectivity index (χ3v) is 2.94. The van der Waals surface area contributed by atoms with Crippen LogP contribution in [0.1, 0.15) is 31.3 Å². The fourth-order valence-corrected chi connectivity index (χ4v) is 1.40. The summed E-state index contributed by atoms with van der Waals surface area (Å²) in [4.78, 5) is 17.8. The summed E-state index contributed by atoms with van der Waals surface area (Å²) in [7, 11) is 1.78. The van der Waals surface area contributed by atoms with E-state index in [0.29, 0.717) is 17.3 Å². The van der Waals surface area contributed by atoms with Gasteiger partial charge < -0.3 is 10.6 Å². The largest absolute Gasteiger partial charge is 0.397 e. The molecule has 0 aromatic carbocycles. The summed E-state index contributed by atoms with van der Waals surface area (Å²) in [5, 5.41) is 0. The van der Waals surface area contributed by atoms with Gasteiger partial charge in [-0.2, -0.15) is 0 Å². The van der Waals surface area contributed by atoms with Gasteiger partial charge in [-0.1, -0.05) is 13.8 Å². The van der Waals surface area contributed by atoms with Crippen molar-refractivity contribution < 1.29 is 4.79 Å². The number of anilines is 1. The Kier molecular flexibility index (Phi) is 3.88. The van der Waals surface area contributed by atoms with Gasteiger partial charge in [0.25, 0.3) is 5.91 Å². The highest BCUT2D eigenvalue weighted by molar-refractivity contribution is 5.97. The van der Waals surface area contributed by atoms with Gasteiger partial charge in [-0.25, -0.2) is 4.98 Å². The second-order valence-electron chi connectivity index (χ2n) is 4.34. The van der Waals surface area contributed by atoms with E-state index in [9.17, 15) is 4.79 Å². The van der Waals surface area contributed by atoms with Crippen LogP contribution in [-0.2, 0) is 0 Å². The lowest BCUT2D eigenvalue weighted by Crippen LogP contribution is -2.38. The molecule has 16 heavy (non-hydrogen) atoms. The first kappa shape index (κ1) is 12.5. The fourth-order valence-electron chi connectivity index (χ4n) is 1.40. The van der Waals surface area contributed by atoms with Crippen LogP contribution in [0.5, 0.6) is 0 Å². The van der Waals surface area contributed by atoms with E-state index in [-0.39, 0.29) is 11.9 Å². The molecule has 88 valence electrons.